The second-order valence-electron chi connectivity index (χ2n) is 8.24. The predicted octanol–water partition coefficient (Wildman–Crippen LogP) is 3.99. The van der Waals surface area contributed by atoms with Gasteiger partial charge in [0.05, 0.1) is 17.7 Å². The van der Waals surface area contributed by atoms with Crippen LogP contribution in [0.15, 0.2) is 77.7 Å². The number of amides is 2. The summed E-state index contributed by atoms with van der Waals surface area (Å²) in [4.78, 5) is 26.8. The van der Waals surface area contributed by atoms with Crippen LogP contribution in [0.5, 0.6) is 5.75 Å². The quantitative estimate of drug-likeness (QED) is 0.454. The molecule has 0 atom stereocenters. The Hall–Kier alpha value is -3.56. The average Bonchev–Trinajstić information content (AvgIpc) is 3.32. The predicted molar refractivity (Wildman–Crippen MR) is 139 cm³/mol. The lowest BCUT2D eigenvalue weighted by Gasteiger charge is -2.26. The van der Waals surface area contributed by atoms with E-state index in [9.17, 15) is 18.0 Å². The number of ether oxygens (including phenoxy) is 1. The third-order valence-electron chi connectivity index (χ3n) is 5.81. The highest BCUT2D eigenvalue weighted by Gasteiger charge is 2.29. The van der Waals surface area contributed by atoms with E-state index in [0.29, 0.717) is 18.0 Å². The van der Waals surface area contributed by atoms with Crippen molar-refractivity contribution in [3.63, 3.8) is 0 Å². The first-order chi connectivity index (χ1) is 17.3. The molecule has 1 fully saturated rings. The van der Waals surface area contributed by atoms with Crippen molar-refractivity contribution in [3.8, 4) is 5.75 Å². The van der Waals surface area contributed by atoms with Crippen LogP contribution < -0.4 is 19.3 Å². The smallest absolute Gasteiger partial charge is 0.264 e. The SMILES string of the molecule is COc1ccc(Cl)cc1N(CC(=O)NCc1cccc(N2CCCC2=O)c1)S(=O)(=O)c1ccccc1. The minimum Gasteiger partial charge on any atom is -0.495 e. The highest BCUT2D eigenvalue weighted by atomic mass is 35.5. The third kappa shape index (κ3) is 5.63. The van der Waals surface area contributed by atoms with Crippen LogP contribution in [0.25, 0.3) is 0 Å². The number of hydrogen-bond donors (Lipinski definition) is 1. The fourth-order valence-electron chi connectivity index (χ4n) is 4.02. The van der Waals surface area contributed by atoms with E-state index in [1.807, 2.05) is 24.3 Å². The molecule has 0 spiro atoms. The Morgan fingerprint density at radius 1 is 1.08 bits per heavy atom. The molecule has 4 rings (SSSR count). The molecule has 36 heavy (non-hydrogen) atoms. The number of benzene rings is 3. The van der Waals surface area contributed by atoms with E-state index in [2.05, 4.69) is 5.32 Å². The van der Waals surface area contributed by atoms with Crippen molar-refractivity contribution in [3.05, 3.63) is 83.4 Å². The molecule has 1 saturated heterocycles. The molecule has 0 radical (unpaired) electrons. The van der Waals surface area contributed by atoms with Crippen molar-refractivity contribution >= 4 is 44.8 Å². The zero-order valence-electron chi connectivity index (χ0n) is 19.7. The Labute approximate surface area is 215 Å². The molecule has 0 bridgehead atoms. The van der Waals surface area contributed by atoms with Gasteiger partial charge in [-0.05, 0) is 54.4 Å². The summed E-state index contributed by atoms with van der Waals surface area (Å²) in [7, 11) is -2.70. The van der Waals surface area contributed by atoms with Crippen molar-refractivity contribution in [1.29, 1.82) is 0 Å². The van der Waals surface area contributed by atoms with Crippen LogP contribution in [0.4, 0.5) is 11.4 Å². The van der Waals surface area contributed by atoms with Gasteiger partial charge in [-0.15, -0.1) is 0 Å². The van der Waals surface area contributed by atoms with Gasteiger partial charge in [-0.1, -0.05) is 41.9 Å². The third-order valence-corrected chi connectivity index (χ3v) is 7.82. The minimum atomic E-state index is -4.12. The van der Waals surface area contributed by atoms with E-state index < -0.39 is 22.5 Å². The lowest BCUT2D eigenvalue weighted by Crippen LogP contribution is -2.40. The van der Waals surface area contributed by atoms with Crippen LogP contribution in [-0.4, -0.2) is 40.4 Å². The Morgan fingerprint density at radius 2 is 1.86 bits per heavy atom. The van der Waals surface area contributed by atoms with E-state index in [0.717, 1.165) is 22.0 Å². The summed E-state index contributed by atoms with van der Waals surface area (Å²) in [6.07, 6.45) is 1.35. The highest BCUT2D eigenvalue weighted by Crippen LogP contribution is 2.34. The van der Waals surface area contributed by atoms with Crippen LogP contribution in [0.1, 0.15) is 18.4 Å². The van der Waals surface area contributed by atoms with E-state index in [-0.39, 0.29) is 28.8 Å². The number of nitrogens with zero attached hydrogens (tertiary/aromatic N) is 2. The maximum Gasteiger partial charge on any atom is 0.264 e. The summed E-state index contributed by atoms with van der Waals surface area (Å²) in [5, 5.41) is 3.08. The molecule has 188 valence electrons. The van der Waals surface area contributed by atoms with Gasteiger partial charge < -0.3 is 15.0 Å². The number of anilines is 2. The first kappa shape index (κ1) is 25.5. The summed E-state index contributed by atoms with van der Waals surface area (Å²) in [6.45, 7) is 0.348. The van der Waals surface area contributed by atoms with Gasteiger partial charge in [0.2, 0.25) is 11.8 Å². The zero-order valence-corrected chi connectivity index (χ0v) is 21.3. The number of hydrogen-bond acceptors (Lipinski definition) is 5. The first-order valence-electron chi connectivity index (χ1n) is 11.4. The number of carbonyl (C=O) groups excluding carboxylic acids is 2. The molecule has 10 heteroatoms. The van der Waals surface area contributed by atoms with Gasteiger partial charge in [-0.2, -0.15) is 0 Å². The Balaban J connectivity index is 1.57. The summed E-state index contributed by atoms with van der Waals surface area (Å²) < 4.78 is 33.5. The molecule has 1 aliphatic rings. The van der Waals surface area contributed by atoms with E-state index in [1.54, 1.807) is 35.2 Å². The largest absolute Gasteiger partial charge is 0.495 e. The van der Waals surface area contributed by atoms with E-state index in [1.165, 1.54) is 25.3 Å². The van der Waals surface area contributed by atoms with Crippen LogP contribution in [0, 0.1) is 0 Å². The normalized spacial score (nSPS) is 13.5. The van der Waals surface area contributed by atoms with Crippen LogP contribution >= 0.6 is 11.6 Å². The zero-order chi connectivity index (χ0) is 25.7. The fraction of sp³-hybridized carbons (Fsp3) is 0.231. The monoisotopic (exact) mass is 527 g/mol. The molecule has 3 aromatic rings. The molecule has 1 N–H and O–H groups in total. The number of methoxy groups -OCH3 is 1. The minimum absolute atomic E-state index is 0.0304. The van der Waals surface area contributed by atoms with Gasteiger partial charge in [0.25, 0.3) is 10.0 Å². The molecule has 0 aliphatic carbocycles. The van der Waals surface area contributed by atoms with Gasteiger partial charge in [0, 0.05) is 30.2 Å². The molecule has 1 heterocycles. The van der Waals surface area contributed by atoms with E-state index >= 15 is 0 Å². The number of nitrogens with one attached hydrogen (secondary N) is 1. The molecule has 1 aliphatic heterocycles. The molecule has 0 aromatic heterocycles. The van der Waals surface area contributed by atoms with E-state index in [4.69, 9.17) is 16.3 Å². The van der Waals surface area contributed by atoms with Crippen LogP contribution in [0.2, 0.25) is 5.02 Å². The molecular formula is C26H26ClN3O5S. The topological polar surface area (TPSA) is 96.0 Å². The number of rotatable bonds is 9. The second-order valence-corrected chi connectivity index (χ2v) is 10.5. The maximum absolute atomic E-state index is 13.6. The Morgan fingerprint density at radius 3 is 2.56 bits per heavy atom. The molecule has 8 nitrogen and oxygen atoms in total. The fourth-order valence-corrected chi connectivity index (χ4v) is 5.63. The van der Waals surface area contributed by atoms with Gasteiger partial charge in [0.1, 0.15) is 12.3 Å². The van der Waals surface area contributed by atoms with Crippen LogP contribution in [-0.2, 0) is 26.2 Å². The van der Waals surface area contributed by atoms with Crippen molar-refractivity contribution in [2.75, 3.05) is 29.4 Å². The summed E-state index contributed by atoms with van der Waals surface area (Å²) in [6, 6.07) is 19.8. The van der Waals surface area contributed by atoms with Crippen molar-refractivity contribution in [2.45, 2.75) is 24.3 Å². The number of carbonyl (C=O) groups is 2. The number of halogens is 1. The first-order valence-corrected chi connectivity index (χ1v) is 13.2. The van der Waals surface area contributed by atoms with Gasteiger partial charge >= 0.3 is 0 Å². The number of sulfonamides is 1. The molecular weight excluding hydrogens is 502 g/mol. The van der Waals surface area contributed by atoms with Gasteiger partial charge in [-0.3, -0.25) is 13.9 Å². The molecule has 3 aromatic carbocycles. The van der Waals surface area contributed by atoms with Gasteiger partial charge in [-0.25, -0.2) is 8.42 Å². The lowest BCUT2D eigenvalue weighted by atomic mass is 10.2. The van der Waals surface area contributed by atoms with Crippen molar-refractivity contribution < 1.29 is 22.7 Å². The summed E-state index contributed by atoms with van der Waals surface area (Å²) in [5.74, 6) is -0.178. The van der Waals surface area contributed by atoms with Crippen LogP contribution in [0.3, 0.4) is 0 Å². The lowest BCUT2D eigenvalue weighted by molar-refractivity contribution is -0.120. The molecule has 0 saturated carbocycles. The molecule has 2 amide bonds. The van der Waals surface area contributed by atoms with Gasteiger partial charge in [0.15, 0.2) is 0 Å². The van der Waals surface area contributed by atoms with Crippen molar-refractivity contribution in [1.82, 2.24) is 5.32 Å². The Bertz CT molecular complexity index is 1370. The average molecular weight is 528 g/mol. The molecule has 0 unspecified atom stereocenters. The standard InChI is InChI=1S/C26H26ClN3O5S/c1-35-24-13-12-20(27)16-23(24)30(36(33,34)22-9-3-2-4-10-22)18-25(31)28-17-19-7-5-8-21(15-19)29-14-6-11-26(29)32/h2-5,7-10,12-13,15-16H,6,11,14,17-18H2,1H3,(H,28,31). The summed E-state index contributed by atoms with van der Waals surface area (Å²) in [5.41, 5.74) is 1.72. The second kappa shape index (κ2) is 11.0. The van der Waals surface area contributed by atoms with Crippen molar-refractivity contribution in [2.24, 2.45) is 0 Å². The Kier molecular flexibility index (Phi) is 7.81. The summed E-state index contributed by atoms with van der Waals surface area (Å²) >= 11 is 6.17. The highest BCUT2D eigenvalue weighted by molar-refractivity contribution is 7.92. The maximum atomic E-state index is 13.6.